The van der Waals surface area contributed by atoms with Gasteiger partial charge in [-0.15, -0.1) is 0 Å². The number of nitriles is 1. The van der Waals surface area contributed by atoms with Crippen molar-refractivity contribution in [1.29, 1.82) is 5.26 Å². The predicted octanol–water partition coefficient (Wildman–Crippen LogP) is 4.93. The first-order valence-electron chi connectivity index (χ1n) is 15.5. The average molecular weight is 459 g/mol. The Kier molecular flexibility index (Phi) is 4.05. The molecule has 3 rings (SSSR count). The third kappa shape index (κ3) is 5.93. The molecular weight excluding hydrogens is 419 g/mol. The van der Waals surface area contributed by atoms with Gasteiger partial charge in [0.15, 0.2) is 5.78 Å². The summed E-state index contributed by atoms with van der Waals surface area (Å²) in [6.07, 6.45) is -1.71. The minimum absolute atomic E-state index is 0.320. The summed E-state index contributed by atoms with van der Waals surface area (Å²) in [5, 5.41) is 12.0. The molecule has 0 saturated carbocycles. The number of ketones is 1. The van der Waals surface area contributed by atoms with Gasteiger partial charge in [0.2, 0.25) is 0 Å². The maximum atomic E-state index is 14.4. The van der Waals surface area contributed by atoms with E-state index in [1.54, 1.807) is 6.07 Å². The lowest BCUT2D eigenvalue weighted by atomic mass is 10.0. The van der Waals surface area contributed by atoms with Crippen molar-refractivity contribution in [3.8, 4) is 11.8 Å². The highest BCUT2D eigenvalue weighted by Gasteiger charge is 2.16. The topological polar surface area (TPSA) is 78.2 Å². The maximum Gasteiger partial charge on any atom is 0.159 e. The Bertz CT molecular complexity index is 1790. The number of pyridine rings is 1. The normalized spacial score (nSPS) is 17.8. The monoisotopic (exact) mass is 458 g/mol. The zero-order valence-corrected chi connectivity index (χ0v) is 18.2. The van der Waals surface area contributed by atoms with Crippen LogP contribution >= 0.6 is 0 Å². The molecule has 6 nitrogen and oxygen atoms in total. The number of aromatic nitrogens is 1. The molecule has 0 fully saturated rings. The molecule has 0 saturated heterocycles. The number of fused-ring (bicyclic) bond motifs is 1. The Hall–Kier alpha value is -3.76. The fraction of sp³-hybridized carbons (Fsp3) is 0.269. The summed E-state index contributed by atoms with van der Waals surface area (Å²) in [5.74, 6) is -3.01. The summed E-state index contributed by atoms with van der Waals surface area (Å²) in [5.41, 5.74) is -2.79. The van der Waals surface area contributed by atoms with Crippen molar-refractivity contribution in [3.05, 3.63) is 71.0 Å². The zero-order chi connectivity index (χ0) is 34.5. The summed E-state index contributed by atoms with van der Waals surface area (Å²) in [6.45, 7) is -2.89. The molecule has 1 aromatic heterocycles. The summed E-state index contributed by atoms with van der Waals surface area (Å²) < 4.78 is 118. The van der Waals surface area contributed by atoms with Gasteiger partial charge in [-0.05, 0) is 63.7 Å². The molecule has 0 radical (unpaired) electrons. The van der Waals surface area contributed by atoms with Crippen molar-refractivity contribution in [1.82, 2.24) is 9.88 Å². The second-order valence-corrected chi connectivity index (χ2v) is 6.84. The lowest BCUT2D eigenvalue weighted by molar-refractivity contribution is -0.114. The summed E-state index contributed by atoms with van der Waals surface area (Å²) >= 11 is 0. The number of hydrogen-bond acceptors (Lipinski definition) is 6. The highest BCUT2D eigenvalue weighted by molar-refractivity contribution is 5.98. The molecule has 0 bridgehead atoms. The quantitative estimate of drug-likeness (QED) is 0.458. The number of nitrogens with zero attached hydrogens (tertiary/aromatic N) is 3. The lowest BCUT2D eigenvalue weighted by Crippen LogP contribution is -2.11. The van der Waals surface area contributed by atoms with Crippen molar-refractivity contribution in [2.75, 3.05) is 32.5 Å². The van der Waals surface area contributed by atoms with Gasteiger partial charge in [0.05, 0.1) is 37.0 Å². The van der Waals surface area contributed by atoms with Crippen LogP contribution in [0.2, 0.25) is 0 Å². The highest BCUT2D eigenvalue weighted by atomic mass is 19.1. The number of carbonyl (C=O) groups is 1. The molecule has 0 aliphatic heterocycles. The van der Waals surface area contributed by atoms with Crippen molar-refractivity contribution < 1.29 is 30.4 Å². The van der Waals surface area contributed by atoms with E-state index in [1.165, 1.54) is 21.0 Å². The molecule has 0 unspecified atom stereocenters. The van der Waals surface area contributed by atoms with Gasteiger partial charge in [-0.3, -0.25) is 9.78 Å². The standard InChI is InChI=1S/C26H27FN4O2/c1-5-33-25-14-24-22(13-18(25)12-21(32)7-6-10-31(3)4)26(19(15-28)16-29-24)30-20-8-9-23(27)17(2)11-20/h6-9,11,13-14,16H,5,10,12H2,1-4H3,(H,29,30)/b7-6+/i5D2,6D,7D,8D,9D,10D2,11D,13D,14D,16D. The molecule has 0 atom stereocenters. The molecule has 3 aromatic rings. The molecule has 170 valence electrons. The SMILES string of the molecule is [2H]/C(C(=O)Cc1c(OC([2H])([2H])C)c([2H])c2nc([2H])c(C#N)c(Nc3c([2H])c([2H])c(F)c(C)c3[2H])c2c1[2H])=C(/[2H])C([2H])([2H])N(C)C. The van der Waals surface area contributed by atoms with Crippen LogP contribution in [0.25, 0.3) is 10.9 Å². The van der Waals surface area contributed by atoms with E-state index < -0.39 is 119 Å². The molecule has 33 heavy (non-hydrogen) atoms. The highest BCUT2D eigenvalue weighted by Crippen LogP contribution is 2.34. The van der Waals surface area contributed by atoms with Crippen LogP contribution in [-0.2, 0) is 11.2 Å². The molecular formula is C26H27FN4O2. The Labute approximate surface area is 210 Å². The van der Waals surface area contributed by atoms with E-state index in [-0.39, 0.29) is 5.56 Å². The lowest BCUT2D eigenvalue weighted by Gasteiger charge is -2.15. The molecule has 0 spiro atoms. The van der Waals surface area contributed by atoms with E-state index in [1.807, 2.05) is 0 Å². The van der Waals surface area contributed by atoms with Crippen LogP contribution in [0.4, 0.5) is 15.8 Å². The van der Waals surface area contributed by atoms with E-state index in [9.17, 15) is 14.4 Å². The second-order valence-electron chi connectivity index (χ2n) is 6.84. The van der Waals surface area contributed by atoms with Crippen molar-refractivity contribution in [3.63, 3.8) is 0 Å². The number of nitrogens with one attached hydrogen (secondary N) is 1. The molecule has 7 heteroatoms. The number of hydrogen-bond donors (Lipinski definition) is 1. The van der Waals surface area contributed by atoms with Gasteiger partial charge in [-0.1, -0.05) is 6.05 Å². The third-order valence-electron chi connectivity index (χ3n) is 4.12. The van der Waals surface area contributed by atoms with Gasteiger partial charge in [-0.2, -0.15) is 5.26 Å². The van der Waals surface area contributed by atoms with Gasteiger partial charge in [0.25, 0.3) is 0 Å². The molecule has 2 aromatic carbocycles. The smallest absolute Gasteiger partial charge is 0.159 e. The van der Waals surface area contributed by atoms with Crippen LogP contribution < -0.4 is 10.1 Å². The number of carbonyl (C=O) groups excluding carboxylic acids is 1. The second kappa shape index (κ2) is 10.7. The van der Waals surface area contributed by atoms with Crippen LogP contribution in [0.3, 0.4) is 0 Å². The van der Waals surface area contributed by atoms with Crippen LogP contribution in [0.1, 0.15) is 40.1 Å². The van der Waals surface area contributed by atoms with Gasteiger partial charge in [-0.25, -0.2) is 4.39 Å². The van der Waals surface area contributed by atoms with Crippen LogP contribution in [0.15, 0.2) is 48.5 Å². The minimum atomic E-state index is -2.54. The van der Waals surface area contributed by atoms with E-state index in [4.69, 9.17) is 21.2 Å². The Morgan fingerprint density at radius 2 is 2.21 bits per heavy atom. The van der Waals surface area contributed by atoms with Gasteiger partial charge in [0.1, 0.15) is 17.6 Å². The summed E-state index contributed by atoms with van der Waals surface area (Å²) in [7, 11) is 2.57. The number of ether oxygens (including phenoxy) is 1. The number of halogens is 1. The van der Waals surface area contributed by atoms with Gasteiger partial charge >= 0.3 is 0 Å². The number of allylic oxidation sites excluding steroid dienone is 1. The van der Waals surface area contributed by atoms with Crippen LogP contribution in [0.5, 0.6) is 5.75 Å². The first-order valence-corrected chi connectivity index (χ1v) is 9.55. The summed E-state index contributed by atoms with van der Waals surface area (Å²) in [6, 6.07) is -4.09. The van der Waals surface area contributed by atoms with Crippen molar-refractivity contribution in [2.45, 2.75) is 20.3 Å². The molecule has 1 heterocycles. The van der Waals surface area contributed by atoms with E-state index in [0.29, 0.717) is 0 Å². The Balaban J connectivity index is 2.47. The molecule has 0 aliphatic carbocycles. The van der Waals surface area contributed by atoms with Gasteiger partial charge in [0, 0.05) is 44.5 Å². The number of anilines is 2. The minimum Gasteiger partial charge on any atom is -0.494 e. The number of benzene rings is 2. The fourth-order valence-corrected chi connectivity index (χ4v) is 2.68. The number of likely N-dealkylation sites (N-methyl/N-ethyl adjacent to an activating group) is 1. The maximum absolute atomic E-state index is 14.4. The number of rotatable bonds is 9. The Morgan fingerprint density at radius 3 is 2.91 bits per heavy atom. The van der Waals surface area contributed by atoms with Gasteiger partial charge < -0.3 is 15.0 Å². The molecule has 0 amide bonds. The summed E-state index contributed by atoms with van der Waals surface area (Å²) in [4.78, 5) is 18.1. The van der Waals surface area contributed by atoms with E-state index in [2.05, 4.69) is 10.3 Å². The van der Waals surface area contributed by atoms with Crippen molar-refractivity contribution >= 4 is 28.1 Å². The molecule has 1 N–H and O–H groups in total. The largest absolute Gasteiger partial charge is 0.494 e. The van der Waals surface area contributed by atoms with Crippen molar-refractivity contribution in [2.24, 2.45) is 0 Å². The predicted molar refractivity (Wildman–Crippen MR) is 128 cm³/mol. The van der Waals surface area contributed by atoms with E-state index >= 15 is 0 Å². The molecule has 0 aliphatic rings. The van der Waals surface area contributed by atoms with Crippen LogP contribution in [0, 0.1) is 24.1 Å². The third-order valence-corrected chi connectivity index (χ3v) is 4.12. The first kappa shape index (κ1) is 12.5. The fourth-order valence-electron chi connectivity index (χ4n) is 2.68. The Morgan fingerprint density at radius 1 is 1.42 bits per heavy atom. The van der Waals surface area contributed by atoms with Crippen LogP contribution in [-0.4, -0.2) is 42.8 Å². The van der Waals surface area contributed by atoms with E-state index in [0.717, 1.165) is 11.8 Å². The zero-order valence-electron chi connectivity index (χ0n) is 30.2. The first-order chi connectivity index (χ1) is 20.6. The average Bonchev–Trinajstić information content (AvgIpc) is 2.95.